The van der Waals surface area contributed by atoms with Crippen molar-refractivity contribution in [3.8, 4) is 0 Å². The van der Waals surface area contributed by atoms with Crippen LogP contribution in [0.2, 0.25) is 0 Å². The molecule has 0 aromatic heterocycles. The Kier molecular flexibility index (Phi) is 11.9. The predicted molar refractivity (Wildman–Crippen MR) is 48.9 cm³/mol. The molecule has 0 aliphatic carbocycles. The summed E-state index contributed by atoms with van der Waals surface area (Å²) in [5, 5.41) is 0. The van der Waals surface area contributed by atoms with Crippen molar-refractivity contribution < 1.29 is 69.2 Å². The maximum Gasteiger partial charge on any atom is 4.00 e. The Morgan fingerprint density at radius 2 is 0.524 bits per heavy atom. The Morgan fingerprint density at radius 3 is 0.571 bits per heavy atom. The summed E-state index contributed by atoms with van der Waals surface area (Å²) in [7, 11) is -21.2. The van der Waals surface area contributed by atoms with E-state index in [1.807, 2.05) is 0 Å². The van der Waals surface area contributed by atoms with E-state index in [1.54, 1.807) is 0 Å². The van der Waals surface area contributed by atoms with Crippen LogP contribution in [0.1, 0.15) is 0 Å². The second-order valence-electron chi connectivity index (χ2n) is 1.91. The molecule has 0 rings (SSSR count). The smallest absolute Gasteiger partial charge is 0.724 e. The second kappa shape index (κ2) is 9.52. The van der Waals surface area contributed by atoms with Gasteiger partial charge in [-0.2, -0.15) is 0 Å². The van der Waals surface area contributed by atoms with Gasteiger partial charge in [-0.3, -0.25) is 0 Å². The third kappa shape index (κ3) is 33.3. The first kappa shape index (κ1) is 26.3. The van der Waals surface area contributed by atoms with Gasteiger partial charge in [-0.15, -0.1) is 17.3 Å². The van der Waals surface area contributed by atoms with E-state index in [9.17, 15) is 51.9 Å². The predicted octanol–water partition coefficient (Wildman–Crippen LogP) is -4.67. The van der Waals surface area contributed by atoms with Crippen LogP contribution in [-0.2, 0) is 58.9 Å². The molecule has 0 heterocycles. The van der Waals surface area contributed by atoms with E-state index in [0.29, 0.717) is 0 Å². The minimum Gasteiger partial charge on any atom is -0.724 e. The van der Waals surface area contributed by atoms with Crippen LogP contribution in [0.3, 0.4) is 0 Å². The molecule has 0 bridgehead atoms. The van der Waals surface area contributed by atoms with E-state index in [1.165, 1.54) is 0 Å². The van der Waals surface area contributed by atoms with E-state index < -0.39 is 41.6 Å². The van der Waals surface area contributed by atoms with Gasteiger partial charge in [-0.25, -0.2) is 33.7 Å². The molecular formula is O16PbS4. The Morgan fingerprint density at radius 1 is 0.429 bits per heavy atom. The quantitative estimate of drug-likeness (QED) is 0.0923. The van der Waals surface area contributed by atoms with Crippen LogP contribution in [0.5, 0.6) is 0 Å². The average Bonchev–Trinajstić information content (AvgIpc) is 2.09. The molecule has 0 radical (unpaired) electrons. The Bertz CT molecular complexity index is 556. The van der Waals surface area contributed by atoms with Crippen LogP contribution < -0.4 is 0 Å². The molecule has 0 amide bonds. The molecule has 0 aromatic carbocycles. The molecule has 0 N–H and O–H groups in total. The van der Waals surface area contributed by atoms with Gasteiger partial charge in [-0.1, -0.05) is 0 Å². The standard InChI is InChI=1S/2H2O8S2.Pb/c2*1-9(2,3)7-8-10(4,5)6;/h2*(H,1,2,3)(H,4,5,6);/q;;+4/p-4. The van der Waals surface area contributed by atoms with Crippen LogP contribution >= 0.6 is 0 Å². The molecular weight excluding hydrogens is 591 g/mol. The number of hydrogen-bond acceptors (Lipinski definition) is 16. The topological polar surface area (TPSA) is 266 Å². The second-order valence-corrected chi connectivity index (χ2v) is 5.72. The zero-order valence-electron chi connectivity index (χ0n) is 8.66. The monoisotopic (exact) mass is 592 g/mol. The first-order chi connectivity index (χ1) is 8.41. The molecule has 124 valence electrons. The van der Waals surface area contributed by atoms with Crippen molar-refractivity contribution in [3.05, 3.63) is 0 Å². The van der Waals surface area contributed by atoms with Crippen LogP contribution in [0.25, 0.3) is 0 Å². The van der Waals surface area contributed by atoms with E-state index in [2.05, 4.69) is 17.3 Å². The van der Waals surface area contributed by atoms with Gasteiger partial charge >= 0.3 is 27.3 Å². The molecule has 0 aromatic rings. The van der Waals surface area contributed by atoms with E-state index in [4.69, 9.17) is 0 Å². The first-order valence-corrected chi connectivity index (χ1v) is 8.33. The van der Waals surface area contributed by atoms with E-state index in [0.717, 1.165) is 0 Å². The summed E-state index contributed by atoms with van der Waals surface area (Å²) < 4.78 is 123. The molecule has 21 heavy (non-hydrogen) atoms. The van der Waals surface area contributed by atoms with Gasteiger partial charge in [0.1, 0.15) is 0 Å². The molecule has 0 fully saturated rings. The van der Waals surface area contributed by atoms with Crippen LogP contribution in [0, 0.1) is 0 Å². The molecule has 0 saturated heterocycles. The van der Waals surface area contributed by atoms with Crippen LogP contribution in [-0.4, -0.2) is 79.2 Å². The Balaban J connectivity index is -0.000000295. The van der Waals surface area contributed by atoms with Crippen molar-refractivity contribution in [3.63, 3.8) is 0 Å². The number of rotatable bonds is 6. The summed E-state index contributed by atoms with van der Waals surface area (Å²) in [6, 6.07) is 0. The maximum atomic E-state index is 9.37. The van der Waals surface area contributed by atoms with Crippen LogP contribution in [0.15, 0.2) is 0 Å². The molecule has 0 spiro atoms. The summed E-state index contributed by atoms with van der Waals surface area (Å²) in [4.78, 5) is 0. The molecule has 0 aliphatic heterocycles. The summed E-state index contributed by atoms with van der Waals surface area (Å²) in [6.45, 7) is 0. The molecule has 0 saturated carbocycles. The molecule has 16 nitrogen and oxygen atoms in total. The zero-order valence-corrected chi connectivity index (χ0v) is 15.8. The minimum atomic E-state index is -5.31. The third-order valence-electron chi connectivity index (χ3n) is 0.389. The molecule has 21 heteroatoms. The SMILES string of the molecule is O=S(=O)([O-])OOS(=O)(=O)[O-].O=S(=O)([O-])OOS(=O)(=O)[O-].[Pb+4]. The van der Waals surface area contributed by atoms with Crippen molar-refractivity contribution in [2.24, 2.45) is 0 Å². The van der Waals surface area contributed by atoms with Crippen LogP contribution in [0.4, 0.5) is 0 Å². The fourth-order valence-corrected chi connectivity index (χ4v) is 1.22. The molecule has 0 atom stereocenters. The van der Waals surface area contributed by atoms with E-state index >= 15 is 0 Å². The summed E-state index contributed by atoms with van der Waals surface area (Å²) >= 11 is 0. The van der Waals surface area contributed by atoms with Gasteiger partial charge in [0.15, 0.2) is 0 Å². The van der Waals surface area contributed by atoms with Crippen molar-refractivity contribution in [2.75, 3.05) is 0 Å². The van der Waals surface area contributed by atoms with Gasteiger partial charge in [0.25, 0.3) is 0 Å². The van der Waals surface area contributed by atoms with Crippen molar-refractivity contribution in [1.29, 1.82) is 0 Å². The number of hydrogen-bond donors (Lipinski definition) is 0. The zero-order chi connectivity index (χ0) is 16.8. The third-order valence-corrected chi connectivity index (χ3v) is 1.50. The summed E-state index contributed by atoms with van der Waals surface area (Å²) in [5.74, 6) is 0. The minimum absolute atomic E-state index is 0. The van der Waals surface area contributed by atoms with Gasteiger partial charge in [-0.05, 0) is 0 Å². The Labute approximate surface area is 137 Å². The fraction of sp³-hybridized carbons (Fsp3) is 0. The Hall–Kier alpha value is 0.402. The first-order valence-electron chi connectivity index (χ1n) is 3.00. The molecule has 0 aliphatic rings. The van der Waals surface area contributed by atoms with E-state index in [-0.39, 0.29) is 27.3 Å². The summed E-state index contributed by atoms with van der Waals surface area (Å²) in [6.07, 6.45) is 0. The normalized spacial score (nSPS) is 12.8. The fourth-order valence-electron chi connectivity index (χ4n) is 0.136. The van der Waals surface area contributed by atoms with Gasteiger partial charge in [0.2, 0.25) is 41.6 Å². The van der Waals surface area contributed by atoms with Gasteiger partial charge < -0.3 is 18.2 Å². The average molecular weight is 591 g/mol. The van der Waals surface area contributed by atoms with Gasteiger partial charge in [0, 0.05) is 0 Å². The van der Waals surface area contributed by atoms with Crippen molar-refractivity contribution in [1.82, 2.24) is 0 Å². The largest absolute Gasteiger partial charge is 4.00 e. The van der Waals surface area contributed by atoms with Crippen molar-refractivity contribution >= 4 is 68.9 Å². The molecule has 0 unspecified atom stereocenters. The summed E-state index contributed by atoms with van der Waals surface area (Å²) in [5.41, 5.74) is 0. The van der Waals surface area contributed by atoms with Crippen molar-refractivity contribution in [2.45, 2.75) is 0 Å². The van der Waals surface area contributed by atoms with Gasteiger partial charge in [0.05, 0.1) is 0 Å². The maximum absolute atomic E-state index is 9.37.